The molecule has 0 aliphatic heterocycles. The molecular formula is C14H27N3O2. The van der Waals surface area contributed by atoms with E-state index < -0.39 is 0 Å². The number of hydrogen-bond acceptors (Lipinski definition) is 4. The van der Waals surface area contributed by atoms with E-state index in [9.17, 15) is 0 Å². The molecule has 1 aromatic rings. The molecule has 0 aliphatic carbocycles. The van der Waals surface area contributed by atoms with Gasteiger partial charge in [0.1, 0.15) is 0 Å². The predicted octanol–water partition coefficient (Wildman–Crippen LogP) is 0.989. The van der Waals surface area contributed by atoms with Crippen molar-refractivity contribution in [3.8, 4) is 0 Å². The fourth-order valence-corrected chi connectivity index (χ4v) is 2.35. The zero-order valence-corrected chi connectivity index (χ0v) is 12.5. The van der Waals surface area contributed by atoms with Crippen molar-refractivity contribution in [2.45, 2.75) is 53.2 Å². The number of aromatic nitrogens is 2. The van der Waals surface area contributed by atoms with Crippen LogP contribution in [0.1, 0.15) is 37.2 Å². The molecule has 0 spiro atoms. The molecule has 1 rings (SSSR count). The van der Waals surface area contributed by atoms with Crippen LogP contribution in [0.25, 0.3) is 0 Å². The van der Waals surface area contributed by atoms with Gasteiger partial charge in [0.25, 0.3) is 0 Å². The van der Waals surface area contributed by atoms with Crippen LogP contribution in [0.4, 0.5) is 0 Å². The Balaban J connectivity index is 2.71. The summed E-state index contributed by atoms with van der Waals surface area (Å²) in [7, 11) is 0. The first-order valence-corrected chi connectivity index (χ1v) is 6.99. The lowest BCUT2D eigenvalue weighted by Gasteiger charge is -2.21. The van der Waals surface area contributed by atoms with Gasteiger partial charge in [-0.25, -0.2) is 0 Å². The summed E-state index contributed by atoms with van der Waals surface area (Å²) in [6.45, 7) is 9.94. The van der Waals surface area contributed by atoms with E-state index in [4.69, 9.17) is 10.2 Å². The quantitative estimate of drug-likeness (QED) is 0.658. The van der Waals surface area contributed by atoms with Crippen LogP contribution in [0.15, 0.2) is 0 Å². The van der Waals surface area contributed by atoms with Crippen LogP contribution in [0, 0.1) is 19.8 Å². The molecule has 1 unspecified atom stereocenters. The van der Waals surface area contributed by atoms with E-state index in [1.807, 2.05) is 18.5 Å². The molecule has 5 heteroatoms. The van der Waals surface area contributed by atoms with E-state index in [0.717, 1.165) is 24.4 Å². The first-order valence-electron chi connectivity index (χ1n) is 6.99. The van der Waals surface area contributed by atoms with Gasteiger partial charge < -0.3 is 15.5 Å². The highest BCUT2D eigenvalue weighted by molar-refractivity contribution is 5.24. The van der Waals surface area contributed by atoms with Crippen molar-refractivity contribution in [3.63, 3.8) is 0 Å². The fraction of sp³-hybridized carbons (Fsp3) is 0.786. The van der Waals surface area contributed by atoms with Gasteiger partial charge in [0.05, 0.1) is 18.8 Å². The number of nitrogens with zero attached hydrogens (tertiary/aromatic N) is 2. The molecule has 3 N–H and O–H groups in total. The normalized spacial score (nSPS) is 13.2. The summed E-state index contributed by atoms with van der Waals surface area (Å²) in [5.74, 6) is 0.486. The van der Waals surface area contributed by atoms with Gasteiger partial charge in [0.15, 0.2) is 0 Å². The average Bonchev–Trinajstić information content (AvgIpc) is 2.61. The molecule has 1 heterocycles. The molecule has 19 heavy (non-hydrogen) atoms. The maximum atomic E-state index is 9.08. The average molecular weight is 269 g/mol. The van der Waals surface area contributed by atoms with Crippen LogP contribution in [0.2, 0.25) is 0 Å². The van der Waals surface area contributed by atoms with E-state index in [2.05, 4.69) is 24.3 Å². The highest BCUT2D eigenvalue weighted by Gasteiger charge is 2.15. The van der Waals surface area contributed by atoms with E-state index in [1.54, 1.807) is 0 Å². The minimum atomic E-state index is 0.105. The molecule has 0 aromatic carbocycles. The zero-order valence-electron chi connectivity index (χ0n) is 12.5. The second-order valence-electron chi connectivity index (χ2n) is 5.34. The SMILES string of the molecule is Cc1nn(CCO)c(C)c1CNC(CCO)C(C)C. The monoisotopic (exact) mass is 269 g/mol. The van der Waals surface area contributed by atoms with Crippen molar-refractivity contribution >= 4 is 0 Å². The molecule has 0 fully saturated rings. The number of aliphatic hydroxyl groups excluding tert-OH is 2. The topological polar surface area (TPSA) is 70.3 Å². The fourth-order valence-electron chi connectivity index (χ4n) is 2.35. The second-order valence-corrected chi connectivity index (χ2v) is 5.34. The van der Waals surface area contributed by atoms with Crippen LogP contribution in [0.5, 0.6) is 0 Å². The molecule has 5 nitrogen and oxygen atoms in total. The summed E-state index contributed by atoms with van der Waals surface area (Å²) in [4.78, 5) is 0. The summed E-state index contributed by atoms with van der Waals surface area (Å²) in [6.07, 6.45) is 0.764. The molecule has 0 saturated heterocycles. The molecule has 110 valence electrons. The van der Waals surface area contributed by atoms with E-state index in [-0.39, 0.29) is 13.2 Å². The predicted molar refractivity (Wildman–Crippen MR) is 76.0 cm³/mol. The number of nitrogens with one attached hydrogen (secondary N) is 1. The van der Waals surface area contributed by atoms with E-state index in [1.165, 1.54) is 5.56 Å². The van der Waals surface area contributed by atoms with Crippen LogP contribution >= 0.6 is 0 Å². The molecule has 0 amide bonds. The molecule has 0 saturated carbocycles. The summed E-state index contributed by atoms with van der Waals surface area (Å²) >= 11 is 0. The van der Waals surface area contributed by atoms with Crippen molar-refractivity contribution in [1.29, 1.82) is 0 Å². The highest BCUT2D eigenvalue weighted by Crippen LogP contribution is 2.14. The van der Waals surface area contributed by atoms with E-state index in [0.29, 0.717) is 18.5 Å². The summed E-state index contributed by atoms with van der Waals surface area (Å²) in [5.41, 5.74) is 3.30. The lowest BCUT2D eigenvalue weighted by molar-refractivity contribution is 0.243. The number of aryl methyl sites for hydroxylation is 1. The van der Waals surface area contributed by atoms with Gasteiger partial charge in [0, 0.05) is 30.5 Å². The van der Waals surface area contributed by atoms with Gasteiger partial charge in [-0.2, -0.15) is 5.10 Å². The first-order chi connectivity index (χ1) is 9.01. The third kappa shape index (κ3) is 4.30. The number of rotatable bonds is 8. The number of aliphatic hydroxyl groups is 2. The van der Waals surface area contributed by atoms with Crippen LogP contribution in [-0.2, 0) is 13.1 Å². The van der Waals surface area contributed by atoms with Gasteiger partial charge in [-0.1, -0.05) is 13.8 Å². The van der Waals surface area contributed by atoms with Crippen LogP contribution in [0.3, 0.4) is 0 Å². The van der Waals surface area contributed by atoms with Crippen LogP contribution in [-0.4, -0.2) is 39.2 Å². The maximum absolute atomic E-state index is 9.08. The Hall–Kier alpha value is -0.910. The molecule has 1 atom stereocenters. The van der Waals surface area contributed by atoms with Crippen LogP contribution < -0.4 is 5.32 Å². The first kappa shape index (κ1) is 16.1. The minimum Gasteiger partial charge on any atom is -0.396 e. The Bertz CT molecular complexity index is 388. The van der Waals surface area contributed by atoms with Crippen molar-refractivity contribution in [1.82, 2.24) is 15.1 Å². The molecule has 0 aliphatic rings. The summed E-state index contributed by atoms with van der Waals surface area (Å²) in [5, 5.41) is 26.0. The Morgan fingerprint density at radius 1 is 1.21 bits per heavy atom. The largest absolute Gasteiger partial charge is 0.396 e. The van der Waals surface area contributed by atoms with Gasteiger partial charge >= 0.3 is 0 Å². The van der Waals surface area contributed by atoms with Crippen molar-refractivity contribution in [2.24, 2.45) is 5.92 Å². The molecule has 0 bridgehead atoms. The Labute approximate surface area is 115 Å². The molecule has 0 radical (unpaired) electrons. The maximum Gasteiger partial charge on any atom is 0.0644 e. The molecular weight excluding hydrogens is 242 g/mol. The van der Waals surface area contributed by atoms with Gasteiger partial charge in [0.2, 0.25) is 0 Å². The number of hydrogen-bond donors (Lipinski definition) is 3. The highest BCUT2D eigenvalue weighted by atomic mass is 16.3. The van der Waals surface area contributed by atoms with Gasteiger partial charge in [-0.15, -0.1) is 0 Å². The Morgan fingerprint density at radius 2 is 1.89 bits per heavy atom. The van der Waals surface area contributed by atoms with Gasteiger partial charge in [-0.05, 0) is 26.2 Å². The van der Waals surface area contributed by atoms with Crippen molar-refractivity contribution < 1.29 is 10.2 Å². The smallest absolute Gasteiger partial charge is 0.0644 e. The minimum absolute atomic E-state index is 0.105. The van der Waals surface area contributed by atoms with Crippen molar-refractivity contribution in [2.75, 3.05) is 13.2 Å². The van der Waals surface area contributed by atoms with Gasteiger partial charge in [-0.3, -0.25) is 4.68 Å². The Kier molecular flexibility index (Phi) is 6.48. The lowest BCUT2D eigenvalue weighted by atomic mass is 10.0. The standard InChI is InChI=1S/C14H27N3O2/c1-10(2)14(5-7-18)15-9-13-11(3)16-17(6-8-19)12(13)4/h10,14-15,18-19H,5-9H2,1-4H3. The molecule has 1 aromatic heterocycles. The zero-order chi connectivity index (χ0) is 14.4. The van der Waals surface area contributed by atoms with Crippen molar-refractivity contribution in [3.05, 3.63) is 17.0 Å². The summed E-state index contributed by atoms with van der Waals surface area (Å²) in [6, 6.07) is 0.310. The Morgan fingerprint density at radius 3 is 2.42 bits per heavy atom. The van der Waals surface area contributed by atoms with E-state index >= 15 is 0 Å². The third-order valence-electron chi connectivity index (χ3n) is 3.63. The third-order valence-corrected chi connectivity index (χ3v) is 3.63. The lowest BCUT2D eigenvalue weighted by Crippen LogP contribution is -2.34. The summed E-state index contributed by atoms with van der Waals surface area (Å²) < 4.78 is 1.85. The second kappa shape index (κ2) is 7.62.